The largest absolute Gasteiger partial charge is 0.493 e. The average molecular weight is 413 g/mol. The number of ether oxygens (including phenoxy) is 2. The van der Waals surface area contributed by atoms with Gasteiger partial charge in [0.1, 0.15) is 11.9 Å². The maximum absolute atomic E-state index is 12.9. The lowest BCUT2D eigenvalue weighted by Crippen LogP contribution is -2.35. The van der Waals surface area contributed by atoms with E-state index in [4.69, 9.17) is 9.47 Å². The van der Waals surface area contributed by atoms with Crippen molar-refractivity contribution in [3.8, 4) is 11.5 Å². The molecule has 30 heavy (non-hydrogen) atoms. The predicted molar refractivity (Wildman–Crippen MR) is 109 cm³/mol. The molecule has 10 heteroatoms. The lowest BCUT2D eigenvalue weighted by molar-refractivity contribution is -0.123. The van der Waals surface area contributed by atoms with Gasteiger partial charge < -0.3 is 14.8 Å². The quantitative estimate of drug-likeness (QED) is 0.472. The third-order valence-electron chi connectivity index (χ3n) is 4.13. The number of hydrazone groups is 1. The number of amides is 2. The van der Waals surface area contributed by atoms with Crippen LogP contribution in [0.15, 0.2) is 52.6 Å². The number of carbonyl (C=O) groups is 2. The van der Waals surface area contributed by atoms with E-state index in [2.05, 4.69) is 26.2 Å². The van der Waals surface area contributed by atoms with E-state index in [1.807, 2.05) is 0 Å². The molecular weight excluding hydrogens is 393 g/mol. The van der Waals surface area contributed by atoms with Gasteiger partial charge in [-0.3, -0.25) is 14.9 Å². The van der Waals surface area contributed by atoms with Crippen LogP contribution in [0.5, 0.6) is 11.5 Å². The monoisotopic (exact) mass is 413 g/mol. The summed E-state index contributed by atoms with van der Waals surface area (Å²) in [7, 11) is 3.08. The van der Waals surface area contributed by atoms with Crippen LogP contribution in [0.1, 0.15) is 12.0 Å². The fourth-order valence-corrected chi connectivity index (χ4v) is 2.66. The van der Waals surface area contributed by atoms with E-state index in [0.717, 1.165) is 5.56 Å². The number of methoxy groups -OCH3 is 2. The molecule has 1 heterocycles. The summed E-state index contributed by atoms with van der Waals surface area (Å²) in [6.45, 7) is 0. The first-order valence-corrected chi connectivity index (χ1v) is 8.93. The maximum atomic E-state index is 12.9. The fraction of sp³-hybridized carbons (Fsp3) is 0.200. The summed E-state index contributed by atoms with van der Waals surface area (Å²) < 4.78 is 23.3. The fourth-order valence-electron chi connectivity index (χ4n) is 2.66. The summed E-state index contributed by atoms with van der Waals surface area (Å²) >= 11 is 0. The van der Waals surface area contributed by atoms with E-state index in [1.165, 1.54) is 37.6 Å². The van der Waals surface area contributed by atoms with Gasteiger partial charge in [-0.2, -0.15) is 5.10 Å². The number of aliphatic imine (C=N–C) groups is 1. The first-order chi connectivity index (χ1) is 14.5. The average Bonchev–Trinajstić information content (AvgIpc) is 3.08. The summed E-state index contributed by atoms with van der Waals surface area (Å²) in [5.74, 6) is 0.0408. The van der Waals surface area contributed by atoms with Gasteiger partial charge in [0.25, 0.3) is 5.91 Å². The Morgan fingerprint density at radius 3 is 2.63 bits per heavy atom. The van der Waals surface area contributed by atoms with Crippen LogP contribution in [0.3, 0.4) is 0 Å². The minimum absolute atomic E-state index is 0.135. The van der Waals surface area contributed by atoms with Crippen molar-refractivity contribution in [1.29, 1.82) is 0 Å². The first-order valence-electron chi connectivity index (χ1n) is 8.93. The van der Waals surface area contributed by atoms with Crippen molar-refractivity contribution in [1.82, 2.24) is 10.7 Å². The van der Waals surface area contributed by atoms with E-state index in [0.29, 0.717) is 17.2 Å². The molecule has 1 atom stereocenters. The lowest BCUT2D eigenvalue weighted by Gasteiger charge is -2.07. The molecule has 0 saturated carbocycles. The topological polar surface area (TPSA) is 113 Å². The number of carbonyl (C=O) groups excluding carboxylic acids is 2. The molecule has 2 aromatic carbocycles. The van der Waals surface area contributed by atoms with Gasteiger partial charge in [0, 0.05) is 5.69 Å². The Balaban J connectivity index is 1.55. The van der Waals surface area contributed by atoms with Crippen LogP contribution in [0.4, 0.5) is 10.1 Å². The molecule has 0 aliphatic carbocycles. The summed E-state index contributed by atoms with van der Waals surface area (Å²) in [6.07, 6.45) is 1.36. The minimum atomic E-state index is -0.885. The number of hydrogen-bond donors (Lipinski definition) is 3. The smallest absolute Gasteiger partial charge is 0.252 e. The number of nitrogens with one attached hydrogen (secondary N) is 3. The van der Waals surface area contributed by atoms with Crippen molar-refractivity contribution in [2.75, 3.05) is 19.5 Å². The van der Waals surface area contributed by atoms with Gasteiger partial charge >= 0.3 is 0 Å². The second-order valence-corrected chi connectivity index (χ2v) is 6.23. The molecule has 2 amide bonds. The lowest BCUT2D eigenvalue weighted by atomic mass is 10.2. The number of benzene rings is 2. The van der Waals surface area contributed by atoms with Gasteiger partial charge in [-0.05, 0) is 48.0 Å². The molecular formula is C20H20FN5O4. The number of nitrogens with zero attached hydrogens (tertiary/aromatic N) is 2. The highest BCUT2D eigenvalue weighted by Crippen LogP contribution is 2.26. The third-order valence-corrected chi connectivity index (χ3v) is 4.13. The summed E-state index contributed by atoms with van der Waals surface area (Å²) in [6, 6.07) is 9.70. The Bertz CT molecular complexity index is 991. The van der Waals surface area contributed by atoms with E-state index in [9.17, 15) is 14.0 Å². The Morgan fingerprint density at radius 1 is 1.20 bits per heavy atom. The van der Waals surface area contributed by atoms with Crippen LogP contribution < -0.4 is 25.5 Å². The Hall–Kier alpha value is -3.95. The molecule has 3 rings (SSSR count). The van der Waals surface area contributed by atoms with Crippen LogP contribution in [-0.4, -0.2) is 44.2 Å². The van der Waals surface area contributed by atoms with Crippen molar-refractivity contribution >= 4 is 29.7 Å². The molecule has 2 aromatic rings. The molecule has 156 valence electrons. The predicted octanol–water partition coefficient (Wildman–Crippen LogP) is 1.65. The molecule has 0 fully saturated rings. The van der Waals surface area contributed by atoms with Crippen LogP contribution in [0.2, 0.25) is 0 Å². The van der Waals surface area contributed by atoms with E-state index in [1.54, 1.807) is 25.3 Å². The molecule has 0 aromatic heterocycles. The highest BCUT2D eigenvalue weighted by molar-refractivity contribution is 6.07. The standard InChI is InChI=1S/C20H20FN5O4/c1-29-16-8-3-12(9-17(16)30-2)11-22-26-20-24-15(19(28)25-20)10-18(27)23-14-6-4-13(21)5-7-14/h3-9,11,15H,10H2,1-2H3,(H,23,27)(H2,24,25,26,28). The second kappa shape index (κ2) is 9.50. The van der Waals surface area contributed by atoms with E-state index < -0.39 is 23.7 Å². The molecule has 0 saturated heterocycles. The number of guanidine groups is 1. The number of hydrogen-bond acceptors (Lipinski definition) is 7. The molecule has 1 unspecified atom stereocenters. The number of anilines is 1. The van der Waals surface area contributed by atoms with Crippen molar-refractivity contribution < 1.29 is 23.5 Å². The molecule has 0 spiro atoms. The SMILES string of the molecule is COc1ccc(C=NNC2=NC(CC(=O)Nc3ccc(F)cc3)C(=O)N2)cc1OC. The Morgan fingerprint density at radius 2 is 1.93 bits per heavy atom. The Labute approximate surface area is 172 Å². The van der Waals surface area contributed by atoms with Crippen molar-refractivity contribution in [2.45, 2.75) is 12.5 Å². The van der Waals surface area contributed by atoms with Gasteiger partial charge in [-0.15, -0.1) is 0 Å². The van der Waals surface area contributed by atoms with Gasteiger partial charge in [-0.1, -0.05) is 0 Å². The second-order valence-electron chi connectivity index (χ2n) is 6.23. The van der Waals surface area contributed by atoms with Gasteiger partial charge in [-0.25, -0.2) is 14.8 Å². The van der Waals surface area contributed by atoms with E-state index >= 15 is 0 Å². The zero-order chi connectivity index (χ0) is 21.5. The zero-order valence-electron chi connectivity index (χ0n) is 16.3. The van der Waals surface area contributed by atoms with Crippen LogP contribution >= 0.6 is 0 Å². The highest BCUT2D eigenvalue weighted by Gasteiger charge is 2.28. The summed E-state index contributed by atoms with van der Waals surface area (Å²) in [5, 5.41) is 9.13. The van der Waals surface area contributed by atoms with Crippen molar-refractivity contribution in [3.63, 3.8) is 0 Å². The van der Waals surface area contributed by atoms with Crippen molar-refractivity contribution in [2.24, 2.45) is 10.1 Å². The van der Waals surface area contributed by atoms with Crippen LogP contribution in [-0.2, 0) is 9.59 Å². The summed E-state index contributed by atoms with van der Waals surface area (Å²) in [5.41, 5.74) is 3.80. The van der Waals surface area contributed by atoms with Gasteiger partial charge in [0.2, 0.25) is 11.9 Å². The molecule has 1 aliphatic rings. The maximum Gasteiger partial charge on any atom is 0.252 e. The normalized spacial score (nSPS) is 15.5. The molecule has 0 bridgehead atoms. The molecule has 0 radical (unpaired) electrons. The van der Waals surface area contributed by atoms with Gasteiger partial charge in [0.15, 0.2) is 11.5 Å². The Kier molecular flexibility index (Phi) is 6.58. The third kappa shape index (κ3) is 5.31. The molecule has 3 N–H and O–H groups in total. The number of halogens is 1. The molecule has 9 nitrogen and oxygen atoms in total. The van der Waals surface area contributed by atoms with Crippen LogP contribution in [0, 0.1) is 5.82 Å². The van der Waals surface area contributed by atoms with Crippen LogP contribution in [0.25, 0.3) is 0 Å². The zero-order valence-corrected chi connectivity index (χ0v) is 16.3. The van der Waals surface area contributed by atoms with E-state index in [-0.39, 0.29) is 12.4 Å². The first kappa shape index (κ1) is 20.8. The minimum Gasteiger partial charge on any atom is -0.493 e. The number of rotatable bonds is 7. The molecule has 1 aliphatic heterocycles. The van der Waals surface area contributed by atoms with Gasteiger partial charge in [0.05, 0.1) is 26.9 Å². The highest BCUT2D eigenvalue weighted by atomic mass is 19.1. The summed E-state index contributed by atoms with van der Waals surface area (Å²) in [4.78, 5) is 28.2. The van der Waals surface area contributed by atoms with Crippen molar-refractivity contribution in [3.05, 3.63) is 53.8 Å².